The van der Waals surface area contributed by atoms with Crippen LogP contribution in [-0.4, -0.2) is 18.2 Å². The minimum Gasteiger partial charge on any atom is -0.381 e. The van der Waals surface area contributed by atoms with Gasteiger partial charge in [0.25, 0.3) is 0 Å². The van der Waals surface area contributed by atoms with Crippen molar-refractivity contribution in [1.29, 1.82) is 0 Å². The summed E-state index contributed by atoms with van der Waals surface area (Å²) in [5, 5.41) is 1.18. The quantitative estimate of drug-likeness (QED) is 0.744. The maximum absolute atomic E-state index is 5.19. The molecular formula is C10H17NOS. The van der Waals surface area contributed by atoms with Crippen LogP contribution in [0, 0.1) is 0 Å². The molecule has 3 heteroatoms. The normalized spacial score (nSPS) is 13.6. The molecule has 0 fully saturated rings. The SMILES string of the molecule is COC(C)Cc1ncc(C(C)C)s1. The monoisotopic (exact) mass is 199 g/mol. The van der Waals surface area contributed by atoms with Gasteiger partial charge in [-0.15, -0.1) is 11.3 Å². The van der Waals surface area contributed by atoms with E-state index < -0.39 is 0 Å². The minimum atomic E-state index is 0.270. The molecule has 0 bridgehead atoms. The molecule has 1 rings (SSSR count). The molecule has 74 valence electrons. The number of nitrogens with zero attached hydrogens (tertiary/aromatic N) is 1. The lowest BCUT2D eigenvalue weighted by atomic mass is 10.2. The first-order valence-corrected chi connectivity index (χ1v) is 5.42. The smallest absolute Gasteiger partial charge is 0.0953 e. The average Bonchev–Trinajstić information content (AvgIpc) is 2.52. The lowest BCUT2D eigenvalue weighted by Gasteiger charge is -2.05. The van der Waals surface area contributed by atoms with Gasteiger partial charge in [-0.1, -0.05) is 13.8 Å². The van der Waals surface area contributed by atoms with Crippen LogP contribution < -0.4 is 0 Å². The summed E-state index contributed by atoms with van der Waals surface area (Å²) in [7, 11) is 1.74. The molecule has 0 spiro atoms. The molecule has 0 aliphatic heterocycles. The summed E-state index contributed by atoms with van der Waals surface area (Å²) in [4.78, 5) is 5.72. The van der Waals surface area contributed by atoms with Crippen LogP contribution in [0.1, 0.15) is 36.6 Å². The van der Waals surface area contributed by atoms with Gasteiger partial charge < -0.3 is 4.74 Å². The summed E-state index contributed by atoms with van der Waals surface area (Å²) < 4.78 is 5.19. The van der Waals surface area contributed by atoms with Gasteiger partial charge in [-0.2, -0.15) is 0 Å². The molecule has 0 saturated heterocycles. The average molecular weight is 199 g/mol. The number of aromatic nitrogens is 1. The third kappa shape index (κ3) is 3.08. The summed E-state index contributed by atoms with van der Waals surface area (Å²) >= 11 is 1.79. The van der Waals surface area contributed by atoms with Crippen LogP contribution in [0.5, 0.6) is 0 Å². The van der Waals surface area contributed by atoms with E-state index in [1.807, 2.05) is 6.20 Å². The molecule has 1 aromatic heterocycles. The summed E-state index contributed by atoms with van der Waals surface area (Å²) in [6, 6.07) is 0. The molecule has 0 aliphatic carbocycles. The summed E-state index contributed by atoms with van der Waals surface area (Å²) in [5.74, 6) is 0.587. The topological polar surface area (TPSA) is 22.1 Å². The number of thiazole rings is 1. The molecule has 0 radical (unpaired) electrons. The molecule has 0 aliphatic rings. The lowest BCUT2D eigenvalue weighted by Crippen LogP contribution is -2.07. The maximum atomic E-state index is 5.19. The van der Waals surface area contributed by atoms with E-state index in [1.165, 1.54) is 9.88 Å². The molecular weight excluding hydrogens is 182 g/mol. The summed E-state index contributed by atoms with van der Waals surface area (Å²) in [6.07, 6.45) is 3.17. The first-order valence-electron chi connectivity index (χ1n) is 4.61. The highest BCUT2D eigenvalue weighted by molar-refractivity contribution is 7.11. The molecule has 0 N–H and O–H groups in total. The molecule has 0 amide bonds. The third-order valence-corrected chi connectivity index (χ3v) is 3.33. The first kappa shape index (κ1) is 10.7. The van der Waals surface area contributed by atoms with Crippen LogP contribution in [0.25, 0.3) is 0 Å². The van der Waals surface area contributed by atoms with E-state index in [9.17, 15) is 0 Å². The van der Waals surface area contributed by atoms with E-state index in [0.29, 0.717) is 5.92 Å². The van der Waals surface area contributed by atoms with E-state index in [4.69, 9.17) is 4.74 Å². The van der Waals surface area contributed by atoms with Crippen molar-refractivity contribution in [3.63, 3.8) is 0 Å². The molecule has 0 saturated carbocycles. The first-order chi connectivity index (χ1) is 6.13. The van der Waals surface area contributed by atoms with E-state index in [2.05, 4.69) is 25.8 Å². The van der Waals surface area contributed by atoms with Gasteiger partial charge in [0, 0.05) is 24.6 Å². The number of hydrogen-bond donors (Lipinski definition) is 0. The highest BCUT2D eigenvalue weighted by atomic mass is 32.1. The molecule has 13 heavy (non-hydrogen) atoms. The third-order valence-electron chi connectivity index (χ3n) is 2.00. The van der Waals surface area contributed by atoms with Gasteiger partial charge in [-0.05, 0) is 12.8 Å². The number of rotatable bonds is 4. The van der Waals surface area contributed by atoms with Gasteiger partial charge in [-0.3, -0.25) is 0 Å². The second-order valence-corrected chi connectivity index (χ2v) is 4.71. The van der Waals surface area contributed by atoms with E-state index in [-0.39, 0.29) is 6.10 Å². The van der Waals surface area contributed by atoms with Crippen LogP contribution in [-0.2, 0) is 11.2 Å². The molecule has 1 aromatic rings. The predicted octanol–water partition coefficient (Wildman–Crippen LogP) is 2.84. The number of methoxy groups -OCH3 is 1. The fourth-order valence-corrected chi connectivity index (χ4v) is 2.05. The van der Waals surface area contributed by atoms with Crippen molar-refractivity contribution in [2.24, 2.45) is 0 Å². The van der Waals surface area contributed by atoms with Gasteiger partial charge >= 0.3 is 0 Å². The molecule has 0 aromatic carbocycles. The van der Waals surface area contributed by atoms with Crippen LogP contribution in [0.3, 0.4) is 0 Å². The Morgan fingerprint density at radius 3 is 2.62 bits per heavy atom. The van der Waals surface area contributed by atoms with Gasteiger partial charge in [-0.25, -0.2) is 4.98 Å². The van der Waals surface area contributed by atoms with Gasteiger partial charge in [0.05, 0.1) is 11.1 Å². The zero-order valence-corrected chi connectivity index (χ0v) is 9.52. The van der Waals surface area contributed by atoms with Crippen molar-refractivity contribution < 1.29 is 4.74 Å². The molecule has 1 unspecified atom stereocenters. The van der Waals surface area contributed by atoms with Crippen molar-refractivity contribution in [2.45, 2.75) is 39.2 Å². The van der Waals surface area contributed by atoms with Crippen molar-refractivity contribution in [1.82, 2.24) is 4.98 Å². The fraction of sp³-hybridized carbons (Fsp3) is 0.700. The standard InChI is InChI=1S/C10H17NOS/c1-7(2)9-6-11-10(13-9)5-8(3)12-4/h6-8H,5H2,1-4H3. The van der Waals surface area contributed by atoms with Crippen molar-refractivity contribution >= 4 is 11.3 Å². The molecule has 1 atom stereocenters. The van der Waals surface area contributed by atoms with Crippen LogP contribution in [0.4, 0.5) is 0 Å². The Balaban J connectivity index is 2.58. The lowest BCUT2D eigenvalue weighted by molar-refractivity contribution is 0.119. The second-order valence-electron chi connectivity index (χ2n) is 3.56. The van der Waals surface area contributed by atoms with E-state index in [1.54, 1.807) is 18.4 Å². The van der Waals surface area contributed by atoms with Gasteiger partial charge in [0.2, 0.25) is 0 Å². The Kier molecular flexibility index (Phi) is 3.88. The Morgan fingerprint density at radius 1 is 1.46 bits per heavy atom. The van der Waals surface area contributed by atoms with Crippen LogP contribution in [0.15, 0.2) is 6.20 Å². The highest BCUT2D eigenvalue weighted by Crippen LogP contribution is 2.22. The minimum absolute atomic E-state index is 0.270. The van der Waals surface area contributed by atoms with Crippen molar-refractivity contribution in [3.8, 4) is 0 Å². The van der Waals surface area contributed by atoms with Crippen molar-refractivity contribution in [2.75, 3.05) is 7.11 Å². The van der Waals surface area contributed by atoms with E-state index in [0.717, 1.165) is 6.42 Å². The van der Waals surface area contributed by atoms with Crippen LogP contribution >= 0.6 is 11.3 Å². The number of hydrogen-bond acceptors (Lipinski definition) is 3. The summed E-state index contributed by atoms with van der Waals surface area (Å²) in [6.45, 7) is 6.45. The Morgan fingerprint density at radius 2 is 2.15 bits per heavy atom. The maximum Gasteiger partial charge on any atom is 0.0953 e. The Hall–Kier alpha value is -0.410. The Bertz CT molecular complexity index is 257. The van der Waals surface area contributed by atoms with Gasteiger partial charge in [0.15, 0.2) is 0 Å². The second kappa shape index (κ2) is 4.72. The predicted molar refractivity (Wildman–Crippen MR) is 56.4 cm³/mol. The zero-order chi connectivity index (χ0) is 9.84. The zero-order valence-electron chi connectivity index (χ0n) is 8.70. The Labute approximate surface area is 84.0 Å². The highest BCUT2D eigenvalue weighted by Gasteiger charge is 2.08. The van der Waals surface area contributed by atoms with Crippen molar-refractivity contribution in [3.05, 3.63) is 16.1 Å². The number of ether oxygens (including phenoxy) is 1. The van der Waals surface area contributed by atoms with Gasteiger partial charge in [0.1, 0.15) is 0 Å². The summed E-state index contributed by atoms with van der Waals surface area (Å²) in [5.41, 5.74) is 0. The van der Waals surface area contributed by atoms with Crippen LogP contribution in [0.2, 0.25) is 0 Å². The largest absolute Gasteiger partial charge is 0.381 e. The molecule has 2 nitrogen and oxygen atoms in total. The fourth-order valence-electron chi connectivity index (χ4n) is 1.01. The molecule has 1 heterocycles. The van der Waals surface area contributed by atoms with E-state index >= 15 is 0 Å².